The Kier molecular flexibility index (Phi) is 4.01. The zero-order chi connectivity index (χ0) is 12.3. The molecule has 17 heavy (non-hydrogen) atoms. The van der Waals surface area contributed by atoms with Crippen LogP contribution in [0.15, 0.2) is 0 Å². The van der Waals surface area contributed by atoms with Crippen LogP contribution in [0.2, 0.25) is 0 Å². The number of ether oxygens (including phenoxy) is 1. The van der Waals surface area contributed by atoms with Gasteiger partial charge in [0.1, 0.15) is 5.54 Å². The molecule has 0 bridgehead atoms. The summed E-state index contributed by atoms with van der Waals surface area (Å²) in [5, 5.41) is 12.8. The van der Waals surface area contributed by atoms with E-state index in [4.69, 9.17) is 4.74 Å². The smallest absolute Gasteiger partial charge is 0.324 e. The molecule has 0 amide bonds. The fourth-order valence-corrected chi connectivity index (χ4v) is 2.68. The van der Waals surface area contributed by atoms with Crippen LogP contribution in [0.5, 0.6) is 0 Å². The molecule has 0 aromatic carbocycles. The molecule has 0 aliphatic carbocycles. The highest BCUT2D eigenvalue weighted by Gasteiger charge is 2.41. The molecule has 2 heterocycles. The molecule has 2 aliphatic heterocycles. The lowest BCUT2D eigenvalue weighted by molar-refractivity contribution is -0.150. The van der Waals surface area contributed by atoms with Crippen LogP contribution in [0.25, 0.3) is 0 Å². The second kappa shape index (κ2) is 5.33. The van der Waals surface area contributed by atoms with Crippen LogP contribution < -0.4 is 5.32 Å². The molecule has 0 radical (unpaired) electrons. The Balaban J connectivity index is 1.95. The Labute approximate surface area is 102 Å². The maximum Gasteiger partial charge on any atom is 0.324 e. The van der Waals surface area contributed by atoms with E-state index in [1.807, 2.05) is 0 Å². The van der Waals surface area contributed by atoms with Crippen LogP contribution >= 0.6 is 0 Å². The molecule has 2 saturated heterocycles. The van der Waals surface area contributed by atoms with Crippen molar-refractivity contribution >= 4 is 5.97 Å². The molecule has 2 aliphatic rings. The van der Waals surface area contributed by atoms with E-state index in [9.17, 15) is 9.90 Å². The average molecular weight is 242 g/mol. The number of carboxylic acids is 1. The highest BCUT2D eigenvalue weighted by molar-refractivity contribution is 5.79. The van der Waals surface area contributed by atoms with Crippen molar-refractivity contribution in [2.75, 3.05) is 33.4 Å². The SMILES string of the molecule is CN1CCC(NC2(C(=O)O)CCOCC2)CC1. The van der Waals surface area contributed by atoms with E-state index < -0.39 is 11.5 Å². The van der Waals surface area contributed by atoms with Gasteiger partial charge in [0.15, 0.2) is 0 Å². The van der Waals surface area contributed by atoms with Crippen LogP contribution in [0.3, 0.4) is 0 Å². The van der Waals surface area contributed by atoms with Crippen molar-refractivity contribution in [3.63, 3.8) is 0 Å². The third-order valence-electron chi connectivity index (χ3n) is 3.95. The zero-order valence-electron chi connectivity index (χ0n) is 10.4. The molecule has 2 fully saturated rings. The summed E-state index contributed by atoms with van der Waals surface area (Å²) in [5.41, 5.74) is -0.751. The minimum Gasteiger partial charge on any atom is -0.480 e. The fraction of sp³-hybridized carbons (Fsp3) is 0.917. The summed E-state index contributed by atoms with van der Waals surface area (Å²) in [6.45, 7) is 3.19. The van der Waals surface area contributed by atoms with E-state index in [0.717, 1.165) is 25.9 Å². The first kappa shape index (κ1) is 12.8. The van der Waals surface area contributed by atoms with Gasteiger partial charge in [-0.1, -0.05) is 0 Å². The summed E-state index contributed by atoms with van der Waals surface area (Å²) >= 11 is 0. The number of hydrogen-bond donors (Lipinski definition) is 2. The Hall–Kier alpha value is -0.650. The van der Waals surface area contributed by atoms with Crippen molar-refractivity contribution in [2.45, 2.75) is 37.3 Å². The van der Waals surface area contributed by atoms with E-state index in [2.05, 4.69) is 17.3 Å². The Morgan fingerprint density at radius 1 is 1.35 bits per heavy atom. The van der Waals surface area contributed by atoms with Crippen LogP contribution in [0.4, 0.5) is 0 Å². The molecule has 0 aromatic rings. The first-order valence-corrected chi connectivity index (χ1v) is 6.40. The summed E-state index contributed by atoms with van der Waals surface area (Å²) in [7, 11) is 2.11. The minimum atomic E-state index is -0.751. The van der Waals surface area contributed by atoms with Crippen molar-refractivity contribution in [3.05, 3.63) is 0 Å². The normalized spacial score (nSPS) is 26.9. The maximum atomic E-state index is 11.5. The van der Waals surface area contributed by atoms with Gasteiger partial charge in [0.25, 0.3) is 0 Å². The summed E-state index contributed by atoms with van der Waals surface area (Å²) in [4.78, 5) is 13.8. The Morgan fingerprint density at radius 3 is 2.47 bits per heavy atom. The quantitative estimate of drug-likeness (QED) is 0.745. The van der Waals surface area contributed by atoms with Crippen LogP contribution in [-0.4, -0.2) is 60.9 Å². The molecule has 5 heteroatoms. The summed E-state index contributed by atoms with van der Waals surface area (Å²) in [6, 6.07) is 0.334. The lowest BCUT2D eigenvalue weighted by Gasteiger charge is -2.40. The topological polar surface area (TPSA) is 61.8 Å². The first-order valence-electron chi connectivity index (χ1n) is 6.40. The number of nitrogens with one attached hydrogen (secondary N) is 1. The van der Waals surface area contributed by atoms with Gasteiger partial charge in [0.05, 0.1) is 0 Å². The number of rotatable bonds is 3. The van der Waals surface area contributed by atoms with Crippen molar-refractivity contribution < 1.29 is 14.6 Å². The van der Waals surface area contributed by atoms with Crippen molar-refractivity contribution in [2.24, 2.45) is 0 Å². The minimum absolute atomic E-state index is 0.334. The second-order valence-electron chi connectivity index (χ2n) is 5.22. The molecule has 0 unspecified atom stereocenters. The van der Waals surface area contributed by atoms with E-state index >= 15 is 0 Å². The highest BCUT2D eigenvalue weighted by Crippen LogP contribution is 2.24. The largest absolute Gasteiger partial charge is 0.480 e. The molecular formula is C12H22N2O3. The summed E-state index contributed by atoms with van der Waals surface area (Å²) in [6.07, 6.45) is 3.22. The van der Waals surface area contributed by atoms with E-state index in [-0.39, 0.29) is 0 Å². The first-order chi connectivity index (χ1) is 8.12. The third kappa shape index (κ3) is 2.97. The fourth-order valence-electron chi connectivity index (χ4n) is 2.68. The molecule has 98 valence electrons. The molecule has 0 spiro atoms. The molecule has 0 aromatic heterocycles. The highest BCUT2D eigenvalue weighted by atomic mass is 16.5. The van der Waals surface area contributed by atoms with Crippen LogP contribution in [-0.2, 0) is 9.53 Å². The zero-order valence-corrected chi connectivity index (χ0v) is 10.4. The standard InChI is InChI=1S/C12H22N2O3/c1-14-6-2-10(3-7-14)13-12(11(15)16)4-8-17-9-5-12/h10,13H,2-9H2,1H3,(H,15,16). The number of hydrogen-bond acceptors (Lipinski definition) is 4. The molecular weight excluding hydrogens is 220 g/mol. The van der Waals surface area contributed by atoms with Gasteiger partial charge in [-0.05, 0) is 45.8 Å². The number of aliphatic carboxylic acids is 1. The van der Waals surface area contributed by atoms with Gasteiger partial charge in [-0.15, -0.1) is 0 Å². The molecule has 2 N–H and O–H groups in total. The number of carbonyl (C=O) groups is 1. The summed E-state index contributed by atoms with van der Waals surface area (Å²) < 4.78 is 5.27. The van der Waals surface area contributed by atoms with Crippen molar-refractivity contribution in [3.8, 4) is 0 Å². The maximum absolute atomic E-state index is 11.5. The molecule has 0 saturated carbocycles. The van der Waals surface area contributed by atoms with Crippen LogP contribution in [0, 0.1) is 0 Å². The average Bonchev–Trinajstić information content (AvgIpc) is 2.33. The monoisotopic (exact) mass is 242 g/mol. The van der Waals surface area contributed by atoms with Gasteiger partial charge in [-0.3, -0.25) is 10.1 Å². The van der Waals surface area contributed by atoms with Gasteiger partial charge < -0.3 is 14.7 Å². The van der Waals surface area contributed by atoms with Gasteiger partial charge in [-0.25, -0.2) is 0 Å². The number of piperidine rings is 1. The number of likely N-dealkylation sites (tertiary alicyclic amines) is 1. The lowest BCUT2D eigenvalue weighted by Crippen LogP contribution is -2.60. The van der Waals surface area contributed by atoms with Gasteiger partial charge in [0, 0.05) is 19.3 Å². The van der Waals surface area contributed by atoms with Crippen molar-refractivity contribution in [1.82, 2.24) is 10.2 Å². The number of carboxylic acid groups (broad SMARTS) is 1. The van der Waals surface area contributed by atoms with Crippen LogP contribution in [0.1, 0.15) is 25.7 Å². The molecule has 5 nitrogen and oxygen atoms in total. The third-order valence-corrected chi connectivity index (χ3v) is 3.95. The molecule has 2 rings (SSSR count). The van der Waals surface area contributed by atoms with Gasteiger partial charge in [-0.2, -0.15) is 0 Å². The molecule has 0 atom stereocenters. The van der Waals surface area contributed by atoms with E-state index in [0.29, 0.717) is 32.1 Å². The van der Waals surface area contributed by atoms with Crippen molar-refractivity contribution in [1.29, 1.82) is 0 Å². The summed E-state index contributed by atoms with van der Waals surface area (Å²) in [5.74, 6) is -0.722. The predicted octanol–water partition coefficient (Wildman–Crippen LogP) is 0.304. The second-order valence-corrected chi connectivity index (χ2v) is 5.22. The van der Waals surface area contributed by atoms with E-state index in [1.165, 1.54) is 0 Å². The van der Waals surface area contributed by atoms with Gasteiger partial charge in [0.2, 0.25) is 0 Å². The van der Waals surface area contributed by atoms with E-state index in [1.54, 1.807) is 0 Å². The Bertz CT molecular complexity index is 269. The predicted molar refractivity (Wildman–Crippen MR) is 64.1 cm³/mol. The van der Waals surface area contributed by atoms with Gasteiger partial charge >= 0.3 is 5.97 Å². The Morgan fingerprint density at radius 2 is 1.94 bits per heavy atom. The number of nitrogens with zero attached hydrogens (tertiary/aromatic N) is 1. The lowest BCUT2D eigenvalue weighted by atomic mass is 9.88.